The number of carbonyl (C=O) groups excluding carboxylic acids is 1. The molecule has 46 heavy (non-hydrogen) atoms. The predicted molar refractivity (Wildman–Crippen MR) is 181 cm³/mol. The average molecular weight is 743 g/mol. The van der Waals surface area contributed by atoms with Crippen molar-refractivity contribution in [1.29, 1.82) is 0 Å². The molecule has 21 heteroatoms. The van der Waals surface area contributed by atoms with Crippen molar-refractivity contribution in [1.82, 2.24) is 9.91 Å². The van der Waals surface area contributed by atoms with Gasteiger partial charge in [-0.3, -0.25) is 19.9 Å². The number of carbonyl (C=O) groups is 1. The Morgan fingerprint density at radius 2 is 0.913 bits per heavy atom. The van der Waals surface area contributed by atoms with E-state index in [0.717, 1.165) is 0 Å². The summed E-state index contributed by atoms with van der Waals surface area (Å²) in [5.74, 6) is 5.21. The lowest BCUT2D eigenvalue weighted by atomic mass is 10.5. The Balaban J connectivity index is -0.0000000890. The number of aliphatic hydroxyl groups is 5. The maximum atomic E-state index is 12.1. The summed E-state index contributed by atoms with van der Waals surface area (Å²) >= 11 is 0. The van der Waals surface area contributed by atoms with E-state index in [-0.39, 0.29) is 60.8 Å². The first-order valence-electron chi connectivity index (χ1n) is 14.0. The topological polar surface area (TPSA) is 257 Å². The summed E-state index contributed by atoms with van der Waals surface area (Å²) < 4.78 is 62.3. The molecule has 0 aromatic rings. The highest BCUT2D eigenvalue weighted by Gasteiger charge is 2.26. The Morgan fingerprint density at radius 1 is 0.609 bits per heavy atom. The van der Waals surface area contributed by atoms with Crippen LogP contribution >= 0.6 is 23.4 Å². The molecule has 7 N–H and O–H groups in total. The number of aliphatic hydroxyl groups excluding tert-OH is 5. The molecule has 0 unspecified atom stereocenters. The normalized spacial score (nSPS) is 10.4. The zero-order chi connectivity index (χ0) is 35.3. The molecule has 0 bridgehead atoms. The van der Waals surface area contributed by atoms with E-state index in [1.54, 1.807) is 46.4 Å². The molecule has 0 spiro atoms. The third-order valence-electron chi connectivity index (χ3n) is 3.93. The SMILES string of the molecule is C.C.C=O.CCOP(=O)(CN(CCO)CCO)OCC.CCOP(=O)(CO)OCC.CCO[P+](=O)OCC.NN(CCO)CCO. The highest BCUT2D eigenvalue weighted by atomic mass is 31.2. The Morgan fingerprint density at radius 3 is 1.15 bits per heavy atom. The highest BCUT2D eigenvalue weighted by Crippen LogP contribution is 2.48. The summed E-state index contributed by atoms with van der Waals surface area (Å²) in [5, 5.41) is 44.1. The average Bonchev–Trinajstić information content (AvgIpc) is 2.96. The summed E-state index contributed by atoms with van der Waals surface area (Å²) in [7, 11) is -8.11. The summed E-state index contributed by atoms with van der Waals surface area (Å²) in [6.45, 7) is 16.0. The van der Waals surface area contributed by atoms with Crippen molar-refractivity contribution >= 4 is 30.2 Å². The van der Waals surface area contributed by atoms with Crippen LogP contribution < -0.4 is 5.84 Å². The van der Waals surface area contributed by atoms with Gasteiger partial charge in [0.05, 0.1) is 52.9 Å². The number of hydrogen-bond donors (Lipinski definition) is 6. The van der Waals surface area contributed by atoms with E-state index in [9.17, 15) is 13.7 Å². The van der Waals surface area contributed by atoms with Gasteiger partial charge in [-0.25, -0.2) is 5.01 Å². The van der Waals surface area contributed by atoms with E-state index in [2.05, 4.69) is 9.05 Å². The van der Waals surface area contributed by atoms with Crippen LogP contribution in [0.25, 0.3) is 0 Å². The number of hydrazine groups is 1. The van der Waals surface area contributed by atoms with Crippen LogP contribution in [-0.2, 0) is 45.6 Å². The van der Waals surface area contributed by atoms with E-state index in [1.807, 2.05) is 6.79 Å². The van der Waals surface area contributed by atoms with Crippen LogP contribution in [-0.4, -0.2) is 147 Å². The van der Waals surface area contributed by atoms with E-state index < -0.39 is 29.8 Å². The zero-order valence-electron chi connectivity index (χ0n) is 27.2. The Kier molecular flexibility index (Phi) is 62.0. The largest absolute Gasteiger partial charge is 0.697 e. The number of rotatable bonds is 23. The second-order valence-corrected chi connectivity index (χ2v) is 12.3. The molecular formula is C25H67N3O15P3+. The van der Waals surface area contributed by atoms with Gasteiger partial charge in [0.2, 0.25) is 0 Å². The van der Waals surface area contributed by atoms with Gasteiger partial charge in [0, 0.05) is 30.7 Å². The molecule has 0 aliphatic rings. The Bertz CT molecular complexity index is 650. The minimum Gasteiger partial charge on any atom is -0.395 e. The van der Waals surface area contributed by atoms with Crippen molar-refractivity contribution in [3.63, 3.8) is 0 Å². The van der Waals surface area contributed by atoms with Gasteiger partial charge in [-0.1, -0.05) is 14.9 Å². The Hall–Kier alpha value is -0.330. The Labute approximate surface area is 278 Å². The molecular weight excluding hydrogens is 675 g/mol. The first kappa shape index (κ1) is 60.9. The van der Waals surface area contributed by atoms with Gasteiger partial charge in [0.15, 0.2) is 0 Å². The molecule has 0 radical (unpaired) electrons. The van der Waals surface area contributed by atoms with Crippen molar-refractivity contribution in [3.05, 3.63) is 0 Å². The number of hydrogen-bond acceptors (Lipinski definition) is 18. The summed E-state index contributed by atoms with van der Waals surface area (Å²) in [4.78, 5) is 9.66. The van der Waals surface area contributed by atoms with Crippen LogP contribution in [0.1, 0.15) is 56.4 Å². The molecule has 0 aliphatic carbocycles. The fraction of sp³-hybridized carbons (Fsp3) is 0.960. The predicted octanol–water partition coefficient (Wildman–Crippen LogP) is 2.65. The van der Waals surface area contributed by atoms with Crippen molar-refractivity contribution < 1.29 is 71.2 Å². The van der Waals surface area contributed by atoms with Gasteiger partial charge in [0.1, 0.15) is 32.6 Å². The third-order valence-corrected chi connectivity index (χ3v) is 8.56. The monoisotopic (exact) mass is 742 g/mol. The molecule has 0 rings (SSSR count). The van der Waals surface area contributed by atoms with Gasteiger partial charge >= 0.3 is 23.4 Å². The zero-order valence-corrected chi connectivity index (χ0v) is 29.8. The molecule has 0 amide bonds. The third kappa shape index (κ3) is 45.8. The first-order valence-corrected chi connectivity index (χ1v) is 18.5. The maximum absolute atomic E-state index is 12.1. The van der Waals surface area contributed by atoms with Crippen molar-refractivity contribution in [3.8, 4) is 0 Å². The molecule has 0 atom stereocenters. The molecule has 0 saturated carbocycles. The maximum Gasteiger partial charge on any atom is 0.697 e. The van der Waals surface area contributed by atoms with Crippen LogP contribution in [0.3, 0.4) is 0 Å². The van der Waals surface area contributed by atoms with Crippen LogP contribution in [0, 0.1) is 0 Å². The second-order valence-electron chi connectivity index (χ2n) is 7.28. The van der Waals surface area contributed by atoms with Gasteiger partial charge in [0.25, 0.3) is 0 Å². The lowest BCUT2D eigenvalue weighted by molar-refractivity contribution is -0.0980. The highest BCUT2D eigenvalue weighted by molar-refractivity contribution is 7.53. The second kappa shape index (κ2) is 46.8. The molecule has 0 aliphatic heterocycles. The van der Waals surface area contributed by atoms with Crippen LogP contribution in [0.4, 0.5) is 0 Å². The summed E-state index contributed by atoms with van der Waals surface area (Å²) in [6.07, 6.45) is -0.454. The first-order chi connectivity index (χ1) is 20.9. The molecule has 18 nitrogen and oxygen atoms in total. The molecule has 286 valence electrons. The summed E-state index contributed by atoms with van der Waals surface area (Å²) in [5.41, 5.74) is 0. The van der Waals surface area contributed by atoms with Crippen LogP contribution in [0.2, 0.25) is 0 Å². The molecule has 0 fully saturated rings. The van der Waals surface area contributed by atoms with Gasteiger partial charge in [-0.05, 0) is 41.5 Å². The van der Waals surface area contributed by atoms with Gasteiger partial charge in [-0.15, -0.1) is 9.05 Å². The van der Waals surface area contributed by atoms with Crippen molar-refractivity contribution in [2.24, 2.45) is 5.84 Å². The van der Waals surface area contributed by atoms with E-state index in [1.165, 1.54) is 5.01 Å². The van der Waals surface area contributed by atoms with Crippen LogP contribution in [0.5, 0.6) is 0 Å². The molecule has 0 aromatic heterocycles. The van der Waals surface area contributed by atoms with Crippen molar-refractivity contribution in [2.45, 2.75) is 56.4 Å². The lowest BCUT2D eigenvalue weighted by Crippen LogP contribution is -2.35. The van der Waals surface area contributed by atoms with Crippen LogP contribution in [0.15, 0.2) is 0 Å². The molecule has 0 aromatic carbocycles. The summed E-state index contributed by atoms with van der Waals surface area (Å²) in [6, 6.07) is 0. The molecule has 0 heterocycles. The van der Waals surface area contributed by atoms with E-state index >= 15 is 0 Å². The number of nitrogens with two attached hydrogens (primary N) is 1. The smallest absolute Gasteiger partial charge is 0.395 e. The van der Waals surface area contributed by atoms with Gasteiger partial charge < -0.3 is 48.4 Å². The fourth-order valence-corrected chi connectivity index (χ4v) is 5.74. The minimum absolute atomic E-state index is 0. The fourth-order valence-electron chi connectivity index (χ4n) is 2.42. The minimum atomic E-state index is -3.14. The van der Waals surface area contributed by atoms with E-state index in [4.69, 9.17) is 54.3 Å². The lowest BCUT2D eigenvalue weighted by Gasteiger charge is -2.25. The quantitative estimate of drug-likeness (QED) is 0.0499. The molecule has 0 saturated heterocycles. The van der Waals surface area contributed by atoms with Gasteiger partial charge in [-0.2, -0.15) is 0 Å². The van der Waals surface area contributed by atoms with E-state index in [0.29, 0.717) is 52.6 Å². The number of nitrogens with zero attached hydrogens (tertiary/aromatic N) is 2. The standard InChI is InChI=1S/C9H22NO5P.C5H13O4P.C4H12N2O2.C4H10O3P.CH2O.2CH4/c1-3-14-16(13,15-4-2)9-10(5-7-11)6-8-12;1-3-8-10(7,5-6)9-4-2;5-6(1-3-7)2-4-8;1-3-6-8(5)7-4-2;1-2;;/h11-12H,3-9H2,1-2H3;6H,3-5H2,1-2H3;7-8H,1-5H2;3-4H2,1-2H3;1H2;2*1H4/q;;;+1;;;. The van der Waals surface area contributed by atoms with Crippen molar-refractivity contribution in [2.75, 3.05) is 105 Å².